The molecule has 1 aliphatic rings. The summed E-state index contributed by atoms with van der Waals surface area (Å²) in [4.78, 5) is 12.0. The minimum atomic E-state index is -0.610. The molecule has 1 fully saturated rings. The zero-order valence-corrected chi connectivity index (χ0v) is 12.9. The third-order valence-electron chi connectivity index (χ3n) is 4.07. The van der Waals surface area contributed by atoms with E-state index in [2.05, 4.69) is 5.10 Å². The molecule has 0 aliphatic carbocycles. The molecule has 1 aromatic heterocycles. The molecule has 7 nitrogen and oxygen atoms in total. The number of anilines is 1. The van der Waals surface area contributed by atoms with E-state index in [9.17, 15) is 14.5 Å². The van der Waals surface area contributed by atoms with Gasteiger partial charge in [-0.3, -0.25) is 14.8 Å². The summed E-state index contributed by atoms with van der Waals surface area (Å²) in [5.74, 6) is -0.602. The quantitative estimate of drug-likeness (QED) is 0.640. The minimum absolute atomic E-state index is 0.255. The maximum atomic E-state index is 14.2. The van der Waals surface area contributed by atoms with Crippen molar-refractivity contribution >= 4 is 11.4 Å². The van der Waals surface area contributed by atoms with Gasteiger partial charge in [0, 0.05) is 31.4 Å². The first-order chi connectivity index (χ1) is 10.9. The van der Waals surface area contributed by atoms with Crippen molar-refractivity contribution in [3.63, 3.8) is 0 Å². The minimum Gasteiger partial charge on any atom is -0.367 e. The van der Waals surface area contributed by atoms with Crippen molar-refractivity contribution in [3.05, 3.63) is 52.1 Å². The smallest absolute Gasteiger partial charge is 0.272 e. The fourth-order valence-electron chi connectivity index (χ4n) is 2.81. The highest BCUT2D eigenvalue weighted by atomic mass is 19.1. The zero-order chi connectivity index (χ0) is 16.6. The summed E-state index contributed by atoms with van der Waals surface area (Å²) in [6, 6.07) is 3.71. The topological polar surface area (TPSA) is 73.4 Å². The van der Waals surface area contributed by atoms with Crippen LogP contribution in [-0.4, -0.2) is 34.4 Å². The largest absolute Gasteiger partial charge is 0.367 e. The van der Waals surface area contributed by atoms with E-state index in [4.69, 9.17) is 4.74 Å². The third kappa shape index (κ3) is 2.89. The van der Waals surface area contributed by atoms with Gasteiger partial charge in [-0.1, -0.05) is 0 Å². The molecule has 0 spiro atoms. The lowest BCUT2D eigenvalue weighted by Gasteiger charge is -2.41. The van der Waals surface area contributed by atoms with Crippen LogP contribution in [0.15, 0.2) is 30.6 Å². The van der Waals surface area contributed by atoms with Crippen LogP contribution in [0.2, 0.25) is 0 Å². The maximum absolute atomic E-state index is 14.2. The molecule has 0 radical (unpaired) electrons. The summed E-state index contributed by atoms with van der Waals surface area (Å²) in [6.07, 6.45) is 3.60. The number of rotatable bonds is 3. The second-order valence-electron chi connectivity index (χ2n) is 5.80. The number of benzene rings is 1. The van der Waals surface area contributed by atoms with Gasteiger partial charge in [0.2, 0.25) is 0 Å². The summed E-state index contributed by atoms with van der Waals surface area (Å²) in [5.41, 5.74) is 0.386. The highest BCUT2D eigenvalue weighted by Crippen LogP contribution is 2.33. The Morgan fingerprint density at radius 3 is 2.87 bits per heavy atom. The van der Waals surface area contributed by atoms with Crippen molar-refractivity contribution in [3.8, 4) is 0 Å². The summed E-state index contributed by atoms with van der Waals surface area (Å²) in [6.45, 7) is 3.32. The van der Waals surface area contributed by atoms with Crippen LogP contribution in [0, 0.1) is 15.9 Å². The number of aromatic nitrogens is 2. The van der Waals surface area contributed by atoms with Gasteiger partial charge in [0.25, 0.3) is 5.69 Å². The van der Waals surface area contributed by atoms with Gasteiger partial charge in [-0.05, 0) is 13.0 Å². The zero-order valence-electron chi connectivity index (χ0n) is 12.9. The fourth-order valence-corrected chi connectivity index (χ4v) is 2.81. The van der Waals surface area contributed by atoms with Crippen LogP contribution in [0.25, 0.3) is 0 Å². The number of ether oxygens (including phenoxy) is 1. The van der Waals surface area contributed by atoms with E-state index in [0.29, 0.717) is 25.4 Å². The first kappa shape index (κ1) is 15.4. The molecule has 0 N–H and O–H groups in total. The maximum Gasteiger partial charge on any atom is 0.272 e. The van der Waals surface area contributed by atoms with Crippen LogP contribution >= 0.6 is 0 Å². The lowest BCUT2D eigenvalue weighted by molar-refractivity contribution is -0.385. The Labute approximate surface area is 132 Å². The average Bonchev–Trinajstić information content (AvgIpc) is 2.94. The predicted octanol–water partition coefficient (Wildman–Crippen LogP) is 2.22. The van der Waals surface area contributed by atoms with Crippen molar-refractivity contribution < 1.29 is 14.1 Å². The molecular weight excluding hydrogens is 303 g/mol. The number of nitro groups is 1. The number of hydrogen-bond acceptors (Lipinski definition) is 5. The SMILES string of the molecule is Cn1cc(C2(C)CN(c3ccc([N+](=O)[O-])cc3F)CCO2)cn1. The van der Waals surface area contributed by atoms with Crippen LogP contribution in [0.1, 0.15) is 12.5 Å². The molecule has 1 aromatic carbocycles. The van der Waals surface area contributed by atoms with E-state index < -0.39 is 16.3 Å². The van der Waals surface area contributed by atoms with Gasteiger partial charge >= 0.3 is 0 Å². The Hall–Kier alpha value is -2.48. The van der Waals surface area contributed by atoms with Crippen LogP contribution in [0.4, 0.5) is 15.8 Å². The molecule has 1 unspecified atom stereocenters. The standard InChI is InChI=1S/C15H17FN4O3/c1-15(11-8-17-18(2)9-11)10-19(5-6-23-15)14-4-3-12(20(21)22)7-13(14)16/h3-4,7-9H,5-6,10H2,1-2H3. The summed E-state index contributed by atoms with van der Waals surface area (Å²) in [5, 5.41) is 14.9. The molecule has 122 valence electrons. The van der Waals surface area contributed by atoms with Crippen molar-refractivity contribution in [1.82, 2.24) is 9.78 Å². The molecule has 8 heteroatoms. The van der Waals surface area contributed by atoms with Crippen LogP contribution < -0.4 is 4.90 Å². The number of nitro benzene ring substituents is 1. The van der Waals surface area contributed by atoms with Gasteiger partial charge in [-0.15, -0.1) is 0 Å². The highest BCUT2D eigenvalue weighted by Gasteiger charge is 2.36. The first-order valence-electron chi connectivity index (χ1n) is 7.21. The van der Waals surface area contributed by atoms with Crippen molar-refractivity contribution in [2.45, 2.75) is 12.5 Å². The van der Waals surface area contributed by atoms with Crippen molar-refractivity contribution in [2.75, 3.05) is 24.6 Å². The van der Waals surface area contributed by atoms with E-state index >= 15 is 0 Å². The molecule has 2 aromatic rings. The van der Waals surface area contributed by atoms with Gasteiger partial charge in [0.05, 0.1) is 36.0 Å². The number of aryl methyl sites for hydroxylation is 1. The predicted molar refractivity (Wildman–Crippen MR) is 81.8 cm³/mol. The Morgan fingerprint density at radius 1 is 1.48 bits per heavy atom. The average molecular weight is 320 g/mol. The molecular formula is C15H17FN4O3. The molecule has 3 rings (SSSR count). The molecule has 0 bridgehead atoms. The molecule has 23 heavy (non-hydrogen) atoms. The molecule has 1 aliphatic heterocycles. The van der Waals surface area contributed by atoms with E-state index in [-0.39, 0.29) is 5.69 Å². The second kappa shape index (κ2) is 5.62. The molecule has 2 heterocycles. The fraction of sp³-hybridized carbons (Fsp3) is 0.400. The number of morpholine rings is 1. The van der Waals surface area contributed by atoms with Crippen LogP contribution in [0.3, 0.4) is 0 Å². The number of nitrogens with zero attached hydrogens (tertiary/aromatic N) is 4. The first-order valence-corrected chi connectivity index (χ1v) is 7.21. The van der Waals surface area contributed by atoms with Gasteiger partial charge in [0.1, 0.15) is 5.60 Å². The molecule has 0 amide bonds. The Kier molecular flexibility index (Phi) is 3.77. The third-order valence-corrected chi connectivity index (χ3v) is 4.07. The number of hydrogen-bond donors (Lipinski definition) is 0. The number of non-ortho nitro benzene ring substituents is 1. The molecule has 0 saturated carbocycles. The number of halogens is 1. The molecule has 1 atom stereocenters. The van der Waals surface area contributed by atoms with Crippen LogP contribution in [0.5, 0.6) is 0 Å². The van der Waals surface area contributed by atoms with E-state index in [0.717, 1.165) is 11.6 Å². The van der Waals surface area contributed by atoms with Gasteiger partial charge in [-0.2, -0.15) is 5.10 Å². The van der Waals surface area contributed by atoms with E-state index in [1.54, 1.807) is 10.9 Å². The van der Waals surface area contributed by atoms with E-state index in [1.165, 1.54) is 12.1 Å². The molecule has 1 saturated heterocycles. The summed E-state index contributed by atoms with van der Waals surface area (Å²) < 4.78 is 21.8. The monoisotopic (exact) mass is 320 g/mol. The summed E-state index contributed by atoms with van der Waals surface area (Å²) >= 11 is 0. The highest BCUT2D eigenvalue weighted by molar-refractivity contribution is 5.53. The lowest BCUT2D eigenvalue weighted by atomic mass is 9.96. The Balaban J connectivity index is 1.88. The Morgan fingerprint density at radius 2 is 2.26 bits per heavy atom. The van der Waals surface area contributed by atoms with Gasteiger partial charge in [0.15, 0.2) is 5.82 Å². The van der Waals surface area contributed by atoms with Crippen molar-refractivity contribution in [2.24, 2.45) is 7.05 Å². The van der Waals surface area contributed by atoms with Gasteiger partial charge in [-0.25, -0.2) is 4.39 Å². The lowest BCUT2D eigenvalue weighted by Crippen LogP contribution is -2.48. The van der Waals surface area contributed by atoms with E-state index in [1.807, 2.05) is 25.1 Å². The normalized spacial score (nSPS) is 21.4. The second-order valence-corrected chi connectivity index (χ2v) is 5.80. The van der Waals surface area contributed by atoms with Crippen molar-refractivity contribution in [1.29, 1.82) is 0 Å². The van der Waals surface area contributed by atoms with Crippen LogP contribution in [-0.2, 0) is 17.4 Å². The summed E-state index contributed by atoms with van der Waals surface area (Å²) in [7, 11) is 1.82. The Bertz CT molecular complexity index is 748. The van der Waals surface area contributed by atoms with Gasteiger partial charge < -0.3 is 9.64 Å².